The lowest BCUT2D eigenvalue weighted by molar-refractivity contribution is -0.134. The van der Waals surface area contributed by atoms with Crippen molar-refractivity contribution in [1.82, 2.24) is 15.1 Å². The van der Waals surface area contributed by atoms with Crippen LogP contribution in [0.1, 0.15) is 51.9 Å². The fourth-order valence-corrected chi connectivity index (χ4v) is 3.15. The third-order valence-electron chi connectivity index (χ3n) is 4.56. The summed E-state index contributed by atoms with van der Waals surface area (Å²) in [6.45, 7) is 5.62. The molecule has 1 unspecified atom stereocenters. The molecule has 0 aromatic heterocycles. The third kappa shape index (κ3) is 4.99. The number of hydrogen-bond acceptors (Lipinski definition) is 3. The van der Waals surface area contributed by atoms with Crippen LogP contribution in [0.3, 0.4) is 0 Å². The van der Waals surface area contributed by atoms with Crippen molar-refractivity contribution in [3.63, 3.8) is 0 Å². The van der Waals surface area contributed by atoms with E-state index in [0.29, 0.717) is 0 Å². The topological polar surface area (TPSA) is 52.7 Å². The van der Waals surface area contributed by atoms with Crippen molar-refractivity contribution in [2.75, 3.05) is 32.7 Å². The first-order valence-electron chi connectivity index (χ1n) is 8.48. The lowest BCUT2D eigenvalue weighted by Crippen LogP contribution is -2.49. The van der Waals surface area contributed by atoms with Crippen LogP contribution >= 0.6 is 0 Å². The summed E-state index contributed by atoms with van der Waals surface area (Å²) in [5, 5.41) is 3.11. The van der Waals surface area contributed by atoms with Crippen LogP contribution in [-0.4, -0.2) is 60.4 Å². The number of rotatable bonds is 4. The minimum atomic E-state index is -0.265. The number of piperidine rings is 1. The van der Waals surface area contributed by atoms with Gasteiger partial charge in [-0.3, -0.25) is 14.9 Å². The summed E-state index contributed by atoms with van der Waals surface area (Å²) < 4.78 is 0. The highest BCUT2D eigenvalue weighted by atomic mass is 16.2. The number of amides is 2. The maximum atomic E-state index is 12.3. The average Bonchev–Trinajstić information content (AvgIpc) is 2.81. The van der Waals surface area contributed by atoms with E-state index in [1.54, 1.807) is 0 Å². The van der Waals surface area contributed by atoms with Gasteiger partial charge in [0.1, 0.15) is 0 Å². The number of nitrogens with zero attached hydrogens (tertiary/aromatic N) is 2. The summed E-state index contributed by atoms with van der Waals surface area (Å²) in [7, 11) is 0. The Morgan fingerprint density at radius 1 is 0.857 bits per heavy atom. The summed E-state index contributed by atoms with van der Waals surface area (Å²) in [6.07, 6.45) is 8.08. The van der Waals surface area contributed by atoms with E-state index in [9.17, 15) is 9.59 Å². The quantitative estimate of drug-likeness (QED) is 0.852. The lowest BCUT2D eigenvalue weighted by atomic mass is 10.1. The summed E-state index contributed by atoms with van der Waals surface area (Å²) in [5.74, 6) is 0.272. The number of carbonyl (C=O) groups is 2. The Labute approximate surface area is 128 Å². The Bertz CT molecular complexity index is 345. The fourth-order valence-electron chi connectivity index (χ4n) is 3.15. The second kappa shape index (κ2) is 8.37. The highest BCUT2D eigenvalue weighted by Gasteiger charge is 2.23. The maximum absolute atomic E-state index is 12.3. The smallest absolute Gasteiger partial charge is 0.239 e. The molecule has 0 spiro atoms. The second-order valence-electron chi connectivity index (χ2n) is 6.28. The molecule has 0 aromatic carbocycles. The predicted molar refractivity (Wildman–Crippen MR) is 82.9 cm³/mol. The Kier molecular flexibility index (Phi) is 6.49. The van der Waals surface area contributed by atoms with Gasteiger partial charge >= 0.3 is 0 Å². The van der Waals surface area contributed by atoms with Gasteiger partial charge in [0, 0.05) is 26.2 Å². The van der Waals surface area contributed by atoms with Gasteiger partial charge in [-0.2, -0.15) is 0 Å². The number of likely N-dealkylation sites (tertiary alicyclic amines) is 2. The van der Waals surface area contributed by atoms with Crippen LogP contribution in [0, 0.1) is 0 Å². The molecule has 2 heterocycles. The molecule has 2 rings (SSSR count). The number of hydrogen-bond donors (Lipinski definition) is 1. The van der Waals surface area contributed by atoms with Crippen molar-refractivity contribution < 1.29 is 9.59 Å². The van der Waals surface area contributed by atoms with Crippen LogP contribution in [-0.2, 0) is 9.59 Å². The van der Waals surface area contributed by atoms with Gasteiger partial charge < -0.3 is 9.80 Å². The Morgan fingerprint density at radius 3 is 1.90 bits per heavy atom. The summed E-state index contributed by atoms with van der Waals surface area (Å²) in [4.78, 5) is 28.3. The highest BCUT2D eigenvalue weighted by molar-refractivity contribution is 5.83. The van der Waals surface area contributed by atoms with Gasteiger partial charge in [0.05, 0.1) is 12.6 Å². The van der Waals surface area contributed by atoms with E-state index in [0.717, 1.165) is 51.9 Å². The van der Waals surface area contributed by atoms with Crippen molar-refractivity contribution in [2.45, 2.75) is 57.9 Å². The maximum Gasteiger partial charge on any atom is 0.239 e. The molecule has 0 aliphatic carbocycles. The van der Waals surface area contributed by atoms with Crippen molar-refractivity contribution >= 4 is 11.8 Å². The van der Waals surface area contributed by atoms with E-state index in [-0.39, 0.29) is 24.4 Å². The zero-order chi connectivity index (χ0) is 15.1. The number of nitrogens with one attached hydrogen (secondary N) is 1. The van der Waals surface area contributed by atoms with Gasteiger partial charge in [0.15, 0.2) is 0 Å². The molecule has 0 aromatic rings. The molecule has 0 saturated carbocycles. The van der Waals surface area contributed by atoms with Crippen LogP contribution in [0.25, 0.3) is 0 Å². The summed E-state index contributed by atoms with van der Waals surface area (Å²) in [5.41, 5.74) is 0. The summed E-state index contributed by atoms with van der Waals surface area (Å²) >= 11 is 0. The molecule has 0 bridgehead atoms. The molecule has 1 N–H and O–H groups in total. The highest BCUT2D eigenvalue weighted by Crippen LogP contribution is 2.11. The minimum Gasteiger partial charge on any atom is -0.342 e. The molecule has 5 heteroatoms. The largest absolute Gasteiger partial charge is 0.342 e. The first kappa shape index (κ1) is 16.3. The molecule has 2 saturated heterocycles. The molecule has 1 atom stereocenters. The zero-order valence-electron chi connectivity index (χ0n) is 13.3. The van der Waals surface area contributed by atoms with Crippen LogP contribution in [0.15, 0.2) is 0 Å². The zero-order valence-corrected chi connectivity index (χ0v) is 13.3. The van der Waals surface area contributed by atoms with E-state index in [2.05, 4.69) is 5.32 Å². The van der Waals surface area contributed by atoms with Gasteiger partial charge in [0.25, 0.3) is 0 Å². The van der Waals surface area contributed by atoms with E-state index >= 15 is 0 Å². The normalized spacial score (nSPS) is 21.8. The number of carbonyl (C=O) groups excluding carboxylic acids is 2. The summed E-state index contributed by atoms with van der Waals surface area (Å²) in [6, 6.07) is -0.265. The van der Waals surface area contributed by atoms with Crippen molar-refractivity contribution in [3.05, 3.63) is 0 Å². The Morgan fingerprint density at radius 2 is 1.33 bits per heavy atom. The van der Waals surface area contributed by atoms with Gasteiger partial charge in [0.2, 0.25) is 11.8 Å². The van der Waals surface area contributed by atoms with Gasteiger partial charge in [-0.25, -0.2) is 0 Å². The molecule has 0 radical (unpaired) electrons. The molecular formula is C16H29N3O2. The van der Waals surface area contributed by atoms with E-state index in [1.807, 2.05) is 16.7 Å². The average molecular weight is 295 g/mol. The molecule has 2 aliphatic heterocycles. The minimum absolute atomic E-state index is 0.134. The third-order valence-corrected chi connectivity index (χ3v) is 4.56. The van der Waals surface area contributed by atoms with Crippen LogP contribution in [0.2, 0.25) is 0 Å². The van der Waals surface area contributed by atoms with E-state index in [4.69, 9.17) is 0 Å². The van der Waals surface area contributed by atoms with Crippen molar-refractivity contribution in [3.8, 4) is 0 Å². The van der Waals surface area contributed by atoms with Gasteiger partial charge in [-0.1, -0.05) is 12.8 Å². The standard InChI is InChI=1S/C16H29N3O2/c1-14(16(21)19-11-7-4-8-12-19)17-13-15(20)18-9-5-2-3-6-10-18/h14,17H,2-13H2,1H3. The molecule has 120 valence electrons. The Balaban J connectivity index is 1.73. The van der Waals surface area contributed by atoms with Crippen LogP contribution in [0.5, 0.6) is 0 Å². The fraction of sp³-hybridized carbons (Fsp3) is 0.875. The first-order valence-corrected chi connectivity index (χ1v) is 8.48. The SMILES string of the molecule is CC(NCC(=O)N1CCCCCC1)C(=O)N1CCCCC1. The Hall–Kier alpha value is -1.10. The first-order chi connectivity index (χ1) is 10.2. The van der Waals surface area contributed by atoms with Crippen molar-refractivity contribution in [2.24, 2.45) is 0 Å². The van der Waals surface area contributed by atoms with E-state index in [1.165, 1.54) is 19.3 Å². The van der Waals surface area contributed by atoms with E-state index < -0.39 is 0 Å². The molecule has 5 nitrogen and oxygen atoms in total. The van der Waals surface area contributed by atoms with Gasteiger partial charge in [-0.05, 0) is 39.0 Å². The predicted octanol–water partition coefficient (Wildman–Crippen LogP) is 1.38. The molecule has 2 aliphatic rings. The second-order valence-corrected chi connectivity index (χ2v) is 6.28. The monoisotopic (exact) mass is 295 g/mol. The van der Waals surface area contributed by atoms with Gasteiger partial charge in [-0.15, -0.1) is 0 Å². The lowest BCUT2D eigenvalue weighted by Gasteiger charge is -2.30. The van der Waals surface area contributed by atoms with Crippen LogP contribution in [0.4, 0.5) is 0 Å². The molecular weight excluding hydrogens is 266 g/mol. The molecule has 21 heavy (non-hydrogen) atoms. The van der Waals surface area contributed by atoms with Crippen LogP contribution < -0.4 is 5.32 Å². The molecule has 2 fully saturated rings. The molecule has 2 amide bonds. The van der Waals surface area contributed by atoms with Crippen molar-refractivity contribution in [1.29, 1.82) is 0 Å².